The molecule has 5 fully saturated rings. The molecule has 10 rings (SSSR count). The van der Waals surface area contributed by atoms with E-state index in [2.05, 4.69) is 37.6 Å². The fourth-order valence-corrected chi connectivity index (χ4v) is 10.4. The number of hydrogen-bond donors (Lipinski definition) is 2. The van der Waals surface area contributed by atoms with Gasteiger partial charge in [-0.1, -0.05) is 17.9 Å². The van der Waals surface area contributed by atoms with Gasteiger partial charge in [0.05, 0.1) is 66.4 Å². The second-order valence-corrected chi connectivity index (χ2v) is 17.8. The molecule has 5 aromatic rings. The Bertz CT molecular complexity index is 2780. The van der Waals surface area contributed by atoms with Gasteiger partial charge in [0.25, 0.3) is 18.3 Å². The first-order chi connectivity index (χ1) is 30.8. The number of ether oxygens (including phenoxy) is 1. The van der Waals surface area contributed by atoms with Gasteiger partial charge in [-0.15, -0.1) is 0 Å². The third-order valence-corrected chi connectivity index (χ3v) is 13.8. The van der Waals surface area contributed by atoms with Gasteiger partial charge in [-0.25, -0.2) is 31.9 Å². The first-order valence-electron chi connectivity index (χ1n) is 21.8. The molecule has 4 aliphatic heterocycles. The van der Waals surface area contributed by atoms with Gasteiger partial charge in [-0.2, -0.15) is 10.2 Å². The van der Waals surface area contributed by atoms with Crippen LogP contribution in [0.25, 0.3) is 16.7 Å². The van der Waals surface area contributed by atoms with Crippen LogP contribution >= 0.6 is 0 Å². The molecule has 2 bridgehead atoms. The molecule has 1 aromatic carbocycles. The summed E-state index contributed by atoms with van der Waals surface area (Å²) in [6, 6.07) is 6.15. The van der Waals surface area contributed by atoms with E-state index in [1.165, 1.54) is 30.7 Å². The highest BCUT2D eigenvalue weighted by atomic mass is 19.3. The van der Waals surface area contributed by atoms with Crippen LogP contribution in [-0.4, -0.2) is 107 Å². The van der Waals surface area contributed by atoms with E-state index in [0.717, 1.165) is 6.42 Å². The van der Waals surface area contributed by atoms with Gasteiger partial charge >= 0.3 is 5.69 Å². The number of carbonyl (C=O) groups is 3. The number of para-hydroxylation sites is 1. The van der Waals surface area contributed by atoms with Crippen molar-refractivity contribution in [1.29, 1.82) is 0 Å². The number of imide groups is 1. The highest BCUT2D eigenvalue weighted by Gasteiger charge is 2.45. The molecule has 5 aliphatic rings. The van der Waals surface area contributed by atoms with Crippen LogP contribution < -0.4 is 21.2 Å². The second-order valence-electron chi connectivity index (χ2n) is 17.8. The molecule has 4 atom stereocenters. The molecule has 4 aromatic heterocycles. The van der Waals surface area contributed by atoms with Crippen LogP contribution in [0, 0.1) is 23.7 Å². The number of benzene rings is 1. The zero-order valence-electron chi connectivity index (χ0n) is 35.1. The summed E-state index contributed by atoms with van der Waals surface area (Å²) in [7, 11) is 1.58. The number of aromatic nitrogens is 7. The van der Waals surface area contributed by atoms with Crippen LogP contribution in [0.2, 0.25) is 0 Å². The van der Waals surface area contributed by atoms with Crippen LogP contribution in [0.5, 0.6) is 0 Å². The summed E-state index contributed by atoms with van der Waals surface area (Å²) in [6.07, 6.45) is 6.01. The topological polar surface area (TPSA) is 166 Å². The van der Waals surface area contributed by atoms with Crippen molar-refractivity contribution in [3.8, 4) is 11.8 Å². The number of aryl methyl sites for hydroxylation is 1. The van der Waals surface area contributed by atoms with E-state index < -0.39 is 54.1 Å². The van der Waals surface area contributed by atoms with Gasteiger partial charge in [-0.05, 0) is 82.0 Å². The van der Waals surface area contributed by atoms with Crippen LogP contribution in [0.4, 0.5) is 29.1 Å². The summed E-state index contributed by atoms with van der Waals surface area (Å²) in [6.45, 7) is 1.42. The maximum atomic E-state index is 15.7. The lowest BCUT2D eigenvalue weighted by atomic mass is 9.77. The van der Waals surface area contributed by atoms with Gasteiger partial charge in [0.15, 0.2) is 11.3 Å². The predicted molar refractivity (Wildman–Crippen MR) is 224 cm³/mol. The molecule has 64 heavy (non-hydrogen) atoms. The first-order valence-corrected chi connectivity index (χ1v) is 21.8. The number of imidazole rings is 1. The molecule has 4 saturated heterocycles. The fourth-order valence-electron chi connectivity index (χ4n) is 10.4. The number of nitrogens with one attached hydrogen (secondary N) is 2. The smallest absolute Gasteiger partial charge is 0.329 e. The monoisotopic (exact) mass is 885 g/mol. The summed E-state index contributed by atoms with van der Waals surface area (Å²) in [5, 5.41) is 13.4. The highest BCUT2D eigenvalue weighted by molar-refractivity contribution is 6.08. The second kappa shape index (κ2) is 16.5. The molecule has 336 valence electrons. The van der Waals surface area contributed by atoms with Gasteiger partial charge in [0, 0.05) is 38.3 Å². The number of fused-ring (bicyclic) bond motifs is 4. The zero-order valence-corrected chi connectivity index (χ0v) is 35.1. The molecular weight excluding hydrogens is 839 g/mol. The summed E-state index contributed by atoms with van der Waals surface area (Å²) in [4.78, 5) is 59.6. The van der Waals surface area contributed by atoms with Gasteiger partial charge in [-0.3, -0.25) is 38.4 Å². The summed E-state index contributed by atoms with van der Waals surface area (Å²) in [5.74, 6) is 1.51. The lowest BCUT2D eigenvalue weighted by Gasteiger charge is -2.40. The van der Waals surface area contributed by atoms with E-state index in [-0.39, 0.29) is 60.6 Å². The van der Waals surface area contributed by atoms with Crippen molar-refractivity contribution in [2.45, 2.75) is 94.4 Å². The van der Waals surface area contributed by atoms with Crippen LogP contribution in [0.15, 0.2) is 47.7 Å². The number of anilines is 2. The fraction of sp³-hybridized carbons (Fsp3) is 0.523. The Kier molecular flexibility index (Phi) is 10.8. The van der Waals surface area contributed by atoms with Crippen molar-refractivity contribution in [1.82, 2.24) is 43.7 Å². The van der Waals surface area contributed by atoms with E-state index in [0.29, 0.717) is 86.3 Å². The molecule has 2 N–H and O–H groups in total. The van der Waals surface area contributed by atoms with Crippen molar-refractivity contribution in [3.63, 3.8) is 0 Å². The van der Waals surface area contributed by atoms with E-state index in [9.17, 15) is 28.0 Å². The Morgan fingerprint density at radius 3 is 2.64 bits per heavy atom. The maximum absolute atomic E-state index is 15.7. The molecule has 3 amide bonds. The minimum atomic E-state index is -2.95. The molecule has 2 unspecified atom stereocenters. The van der Waals surface area contributed by atoms with E-state index in [1.807, 2.05) is 6.07 Å². The first kappa shape index (κ1) is 41.9. The Morgan fingerprint density at radius 2 is 1.91 bits per heavy atom. The minimum Gasteiger partial charge on any atom is -0.374 e. The number of amides is 3. The number of halogens is 4. The van der Waals surface area contributed by atoms with Crippen molar-refractivity contribution in [3.05, 3.63) is 70.2 Å². The summed E-state index contributed by atoms with van der Waals surface area (Å²) in [5.41, 5.74) is 0.912. The summed E-state index contributed by atoms with van der Waals surface area (Å²) >= 11 is 0. The number of morpholine rings is 1. The van der Waals surface area contributed by atoms with Crippen molar-refractivity contribution in [2.75, 3.05) is 43.0 Å². The van der Waals surface area contributed by atoms with Crippen molar-refractivity contribution < 1.29 is 36.7 Å². The summed E-state index contributed by atoms with van der Waals surface area (Å²) < 4.78 is 71.5. The Labute approximate surface area is 363 Å². The van der Waals surface area contributed by atoms with Crippen LogP contribution in [0.3, 0.4) is 0 Å². The molecule has 8 heterocycles. The molecule has 1 saturated carbocycles. The number of rotatable bonds is 9. The number of hydrogen-bond acceptors (Lipinski definition) is 10. The Hall–Kier alpha value is -6.07. The van der Waals surface area contributed by atoms with E-state index in [4.69, 9.17) is 9.72 Å². The van der Waals surface area contributed by atoms with Crippen molar-refractivity contribution >= 4 is 45.9 Å². The number of alkyl halides is 4. The average molecular weight is 886 g/mol. The van der Waals surface area contributed by atoms with Gasteiger partial charge in [0.1, 0.15) is 17.4 Å². The average Bonchev–Trinajstić information content (AvgIpc) is 4.12. The molecular formula is C44H47F4N11O5. The standard InChI is InChI=1S/C44H47F4N11O5/c1-54-38-26(4-2-6-33(38)59(43(54)63)34-11-12-36(60)52-42(34)62)5-3-15-55-16-13-27(44(47,48)24-55)18-25-7-9-28(10-8-25)58-22-32(37(53-58)39(45)46)50-41(61)31-20-49-57-17-14-35(51-40(31)57)56-21-30-19-29(56)23-64-30/h2,4,6,14,17,20,22,25,27-30,34,39H,7-13,15-16,18-19,21,23-24H2,1H3,(H,50,61)(H,52,60,62)/t25?,27?,28?,29-,30-,34?/m1/s1. The molecule has 20 heteroatoms. The molecule has 16 nitrogen and oxygen atoms in total. The third-order valence-electron chi connectivity index (χ3n) is 13.8. The van der Waals surface area contributed by atoms with E-state index in [1.54, 1.807) is 36.3 Å². The number of piperidine rings is 2. The zero-order chi connectivity index (χ0) is 44.4. The highest BCUT2D eigenvalue weighted by Crippen LogP contribution is 2.43. The lowest BCUT2D eigenvalue weighted by Crippen LogP contribution is -2.49. The van der Waals surface area contributed by atoms with Gasteiger partial charge in [0.2, 0.25) is 11.8 Å². The third kappa shape index (κ3) is 7.71. The van der Waals surface area contributed by atoms with Crippen LogP contribution in [0.1, 0.15) is 97.9 Å². The SMILES string of the molecule is Cn1c(=O)n(C2CCC(=O)NC2=O)c2cccc(C#CCN3CCC(CC4CCC(n5cc(NC(=O)c6cnn7ccc(N8C[C@H]9C[C@@H]8CO9)nc67)c(C(F)F)n5)CC4)C(F)(F)C3)c21. The predicted octanol–water partition coefficient (Wildman–Crippen LogP) is 4.85. The quantitative estimate of drug-likeness (QED) is 0.119. The number of carbonyl (C=O) groups excluding carboxylic acids is 3. The molecule has 0 radical (unpaired) electrons. The Balaban J connectivity index is 0.743. The van der Waals surface area contributed by atoms with Crippen LogP contribution in [-0.2, 0) is 21.4 Å². The number of likely N-dealkylation sites (tertiary alicyclic amines) is 1. The van der Waals surface area contributed by atoms with Crippen molar-refractivity contribution in [2.24, 2.45) is 18.9 Å². The lowest BCUT2D eigenvalue weighted by molar-refractivity contribution is -0.135. The largest absolute Gasteiger partial charge is 0.374 e. The van der Waals surface area contributed by atoms with E-state index >= 15 is 8.78 Å². The molecule has 0 spiro atoms. The van der Waals surface area contributed by atoms with Gasteiger partial charge < -0.3 is 15.0 Å². The maximum Gasteiger partial charge on any atom is 0.329 e. The normalized spacial score (nSPS) is 25.9. The minimum absolute atomic E-state index is 0.0404. The molecule has 1 aliphatic carbocycles. The Morgan fingerprint density at radius 1 is 1.08 bits per heavy atom. The number of nitrogens with zero attached hydrogens (tertiary/aromatic N) is 9.